The molecule has 0 unspecified atom stereocenters. The summed E-state index contributed by atoms with van der Waals surface area (Å²) in [6.45, 7) is 6.30. The highest BCUT2D eigenvalue weighted by atomic mass is 32.2. The zero-order valence-electron chi connectivity index (χ0n) is 14.1. The summed E-state index contributed by atoms with van der Waals surface area (Å²) < 4.78 is 5.62. The minimum Gasteiger partial charge on any atom is -0.489 e. The number of likely N-dealkylation sites (tertiary alicyclic amines) is 1. The van der Waals surface area contributed by atoms with E-state index in [-0.39, 0.29) is 11.1 Å². The third-order valence-electron chi connectivity index (χ3n) is 4.23. The van der Waals surface area contributed by atoms with Crippen molar-refractivity contribution in [1.29, 1.82) is 0 Å². The Bertz CT molecular complexity index is 696. The number of imide groups is 1. The van der Waals surface area contributed by atoms with Crippen LogP contribution in [0.25, 0.3) is 6.08 Å². The molecule has 2 aliphatic heterocycles. The molecule has 0 aliphatic carbocycles. The Labute approximate surface area is 152 Å². The molecule has 5 nitrogen and oxygen atoms in total. The van der Waals surface area contributed by atoms with E-state index in [9.17, 15) is 9.59 Å². The van der Waals surface area contributed by atoms with Gasteiger partial charge in [-0.2, -0.15) is 0 Å². The van der Waals surface area contributed by atoms with Crippen LogP contribution in [0.15, 0.2) is 41.8 Å². The van der Waals surface area contributed by atoms with Crippen molar-refractivity contribution in [2.24, 2.45) is 0 Å². The number of carbonyl (C=O) groups is 2. The maximum atomic E-state index is 12.7. The summed E-state index contributed by atoms with van der Waals surface area (Å²) in [6.07, 6.45) is 6.88. The molecule has 2 aliphatic rings. The number of amides is 2. The molecule has 0 aromatic heterocycles. The van der Waals surface area contributed by atoms with E-state index in [1.165, 1.54) is 11.3 Å². The van der Waals surface area contributed by atoms with E-state index >= 15 is 0 Å². The van der Waals surface area contributed by atoms with Gasteiger partial charge in [0.1, 0.15) is 12.4 Å². The monoisotopic (exact) mass is 358 g/mol. The summed E-state index contributed by atoms with van der Waals surface area (Å²) in [5, 5.41) is -0.202. The lowest BCUT2D eigenvalue weighted by Gasteiger charge is -2.29. The SMILES string of the molecule is C=CCOc1ccccc1/C=C1/SC(=O)N(CN2CCCCC2)C1=O. The fourth-order valence-corrected chi connectivity index (χ4v) is 3.77. The normalized spacial score (nSPS) is 20.3. The van der Waals surface area contributed by atoms with Gasteiger partial charge in [0, 0.05) is 5.56 Å². The number of benzene rings is 1. The number of para-hydroxylation sites is 1. The number of rotatable bonds is 6. The van der Waals surface area contributed by atoms with Crippen molar-refractivity contribution in [3.63, 3.8) is 0 Å². The minimum atomic E-state index is -0.223. The quantitative estimate of drug-likeness (QED) is 0.573. The van der Waals surface area contributed by atoms with Crippen molar-refractivity contribution in [2.45, 2.75) is 19.3 Å². The van der Waals surface area contributed by atoms with Gasteiger partial charge in [-0.1, -0.05) is 37.3 Å². The predicted octanol–water partition coefficient (Wildman–Crippen LogP) is 3.73. The lowest BCUT2D eigenvalue weighted by atomic mass is 10.1. The molecule has 0 saturated carbocycles. The summed E-state index contributed by atoms with van der Waals surface area (Å²) in [5.74, 6) is 0.448. The smallest absolute Gasteiger partial charge is 0.294 e. The summed E-state index contributed by atoms with van der Waals surface area (Å²) >= 11 is 0.994. The van der Waals surface area contributed by atoms with Crippen LogP contribution in [0.1, 0.15) is 24.8 Å². The van der Waals surface area contributed by atoms with E-state index in [0.29, 0.717) is 23.9 Å². The Hall–Kier alpha value is -2.05. The van der Waals surface area contributed by atoms with Crippen LogP contribution in [0.3, 0.4) is 0 Å². The van der Waals surface area contributed by atoms with Gasteiger partial charge in [0.05, 0.1) is 11.6 Å². The highest BCUT2D eigenvalue weighted by Gasteiger charge is 2.36. The van der Waals surface area contributed by atoms with Crippen LogP contribution in [0, 0.1) is 0 Å². The van der Waals surface area contributed by atoms with Crippen molar-refractivity contribution in [3.05, 3.63) is 47.4 Å². The largest absolute Gasteiger partial charge is 0.489 e. The summed E-state index contributed by atoms with van der Waals surface area (Å²) in [4.78, 5) is 28.9. The molecule has 0 bridgehead atoms. The maximum Gasteiger partial charge on any atom is 0.294 e. The summed E-state index contributed by atoms with van der Waals surface area (Å²) in [6, 6.07) is 7.47. The minimum absolute atomic E-state index is 0.202. The van der Waals surface area contributed by atoms with Crippen LogP contribution < -0.4 is 4.74 Å². The standard InChI is InChI=1S/C19H22N2O3S/c1-2-12-24-16-9-5-4-8-15(16)13-17-18(22)21(19(23)25-17)14-20-10-6-3-7-11-20/h2,4-5,8-9,13H,1,3,6-7,10-12,14H2/b17-13+. The van der Waals surface area contributed by atoms with Gasteiger partial charge in [-0.15, -0.1) is 0 Å². The molecule has 3 rings (SSSR count). The van der Waals surface area contributed by atoms with Crippen molar-refractivity contribution < 1.29 is 14.3 Å². The van der Waals surface area contributed by atoms with Gasteiger partial charge in [0.25, 0.3) is 11.1 Å². The van der Waals surface area contributed by atoms with Crippen LogP contribution in [0.2, 0.25) is 0 Å². The Balaban J connectivity index is 1.75. The Kier molecular flexibility index (Phi) is 5.94. The highest BCUT2D eigenvalue weighted by Crippen LogP contribution is 2.34. The number of ether oxygens (including phenoxy) is 1. The van der Waals surface area contributed by atoms with E-state index in [2.05, 4.69) is 11.5 Å². The Morgan fingerprint density at radius 2 is 1.92 bits per heavy atom. The third kappa shape index (κ3) is 4.32. The summed E-state index contributed by atoms with van der Waals surface area (Å²) in [5.41, 5.74) is 0.785. The topological polar surface area (TPSA) is 49.9 Å². The maximum absolute atomic E-state index is 12.7. The van der Waals surface area contributed by atoms with Gasteiger partial charge >= 0.3 is 0 Å². The average Bonchev–Trinajstić information content (AvgIpc) is 2.89. The molecular weight excluding hydrogens is 336 g/mol. The van der Waals surface area contributed by atoms with Crippen molar-refractivity contribution in [3.8, 4) is 5.75 Å². The fraction of sp³-hybridized carbons (Fsp3) is 0.368. The number of nitrogens with zero attached hydrogens (tertiary/aromatic N) is 2. The number of thioether (sulfide) groups is 1. The molecule has 0 N–H and O–H groups in total. The lowest BCUT2D eigenvalue weighted by Crippen LogP contribution is -2.42. The van der Waals surface area contributed by atoms with Gasteiger partial charge in [-0.3, -0.25) is 19.4 Å². The van der Waals surface area contributed by atoms with Crippen LogP contribution in [-0.2, 0) is 4.79 Å². The Morgan fingerprint density at radius 3 is 2.68 bits per heavy atom. The van der Waals surface area contributed by atoms with Gasteiger partial charge in [0.15, 0.2) is 0 Å². The van der Waals surface area contributed by atoms with E-state index in [1.807, 2.05) is 24.3 Å². The van der Waals surface area contributed by atoms with Gasteiger partial charge in [-0.05, 0) is 49.8 Å². The first kappa shape index (κ1) is 17.8. The number of hydrogen-bond donors (Lipinski definition) is 0. The van der Waals surface area contributed by atoms with Crippen LogP contribution in [-0.4, -0.2) is 47.3 Å². The number of carbonyl (C=O) groups excluding carboxylic acids is 2. The van der Waals surface area contributed by atoms with Gasteiger partial charge < -0.3 is 4.74 Å². The van der Waals surface area contributed by atoms with Crippen LogP contribution in [0.5, 0.6) is 5.75 Å². The first-order valence-corrected chi connectivity index (χ1v) is 9.31. The third-order valence-corrected chi connectivity index (χ3v) is 5.13. The molecular formula is C19H22N2O3S. The average molecular weight is 358 g/mol. The second-order valence-corrected chi connectivity index (χ2v) is 7.06. The second kappa shape index (κ2) is 8.36. The van der Waals surface area contributed by atoms with Crippen molar-refractivity contribution in [1.82, 2.24) is 9.80 Å². The molecule has 0 radical (unpaired) electrons. The first-order chi connectivity index (χ1) is 12.2. The van der Waals surface area contributed by atoms with Gasteiger partial charge in [-0.25, -0.2) is 0 Å². The van der Waals surface area contributed by atoms with Crippen LogP contribution in [0.4, 0.5) is 4.79 Å². The van der Waals surface area contributed by atoms with E-state index in [0.717, 1.165) is 43.3 Å². The highest BCUT2D eigenvalue weighted by molar-refractivity contribution is 8.18. The molecule has 0 atom stereocenters. The van der Waals surface area contributed by atoms with E-state index < -0.39 is 0 Å². The van der Waals surface area contributed by atoms with Gasteiger partial charge in [0.2, 0.25) is 0 Å². The van der Waals surface area contributed by atoms with E-state index in [1.54, 1.807) is 12.2 Å². The van der Waals surface area contributed by atoms with E-state index in [4.69, 9.17) is 4.74 Å². The molecule has 1 aromatic rings. The van der Waals surface area contributed by atoms with Crippen LogP contribution >= 0.6 is 11.8 Å². The molecule has 1 aromatic carbocycles. The Morgan fingerprint density at radius 1 is 1.16 bits per heavy atom. The first-order valence-electron chi connectivity index (χ1n) is 8.49. The zero-order chi connectivity index (χ0) is 17.6. The lowest BCUT2D eigenvalue weighted by molar-refractivity contribution is -0.124. The molecule has 2 heterocycles. The number of hydrogen-bond acceptors (Lipinski definition) is 5. The molecule has 2 amide bonds. The van der Waals surface area contributed by atoms with Crippen molar-refractivity contribution >= 4 is 29.0 Å². The molecule has 0 spiro atoms. The molecule has 132 valence electrons. The zero-order valence-corrected chi connectivity index (χ0v) is 15.0. The molecule has 2 fully saturated rings. The predicted molar refractivity (Wildman–Crippen MR) is 100 cm³/mol. The molecule has 2 saturated heterocycles. The molecule has 6 heteroatoms. The molecule has 25 heavy (non-hydrogen) atoms. The second-order valence-electron chi connectivity index (χ2n) is 6.07. The van der Waals surface area contributed by atoms with Crippen molar-refractivity contribution in [2.75, 3.05) is 26.4 Å². The summed E-state index contributed by atoms with van der Waals surface area (Å²) in [7, 11) is 0. The number of piperidine rings is 1. The fourth-order valence-electron chi connectivity index (χ4n) is 2.94.